The van der Waals surface area contributed by atoms with Gasteiger partial charge in [-0.25, -0.2) is 0 Å². The molecule has 1 aromatic carbocycles. The number of nitrogens with zero attached hydrogens (tertiary/aromatic N) is 3. The van der Waals surface area contributed by atoms with Crippen LogP contribution in [0.1, 0.15) is 12.8 Å². The van der Waals surface area contributed by atoms with E-state index in [1.54, 1.807) is 12.3 Å². The molecule has 1 amide bonds. The van der Waals surface area contributed by atoms with Gasteiger partial charge in [-0.3, -0.25) is 14.5 Å². The number of fused-ring (bicyclic) bond motifs is 1. The van der Waals surface area contributed by atoms with Crippen LogP contribution < -0.4 is 5.43 Å². The summed E-state index contributed by atoms with van der Waals surface area (Å²) in [5.41, 5.74) is 0.809. The number of carbonyl (C=O) groups is 1. The molecule has 2 aliphatic heterocycles. The van der Waals surface area contributed by atoms with E-state index >= 15 is 0 Å². The van der Waals surface area contributed by atoms with E-state index in [-0.39, 0.29) is 17.9 Å². The zero-order chi connectivity index (χ0) is 17.9. The molecule has 0 saturated carbocycles. The highest BCUT2D eigenvalue weighted by atomic mass is 16.5. The predicted octanol–water partition coefficient (Wildman–Crippen LogP) is 1.32. The number of amides is 1. The molecule has 0 N–H and O–H groups in total. The lowest BCUT2D eigenvalue weighted by molar-refractivity contribution is -0.134. The molecule has 0 bridgehead atoms. The van der Waals surface area contributed by atoms with Crippen LogP contribution in [0, 0.1) is 0 Å². The Hall–Kier alpha value is -2.18. The van der Waals surface area contributed by atoms with Gasteiger partial charge in [-0.05, 0) is 25.0 Å². The summed E-state index contributed by atoms with van der Waals surface area (Å²) >= 11 is 0. The second-order valence-corrected chi connectivity index (χ2v) is 7.09. The Labute approximate surface area is 153 Å². The summed E-state index contributed by atoms with van der Waals surface area (Å²) in [6.45, 7) is 5.38. The summed E-state index contributed by atoms with van der Waals surface area (Å²) in [6, 6.07) is 9.60. The van der Waals surface area contributed by atoms with Crippen molar-refractivity contribution in [2.45, 2.75) is 25.4 Å². The van der Waals surface area contributed by atoms with Crippen LogP contribution in [0.4, 0.5) is 0 Å². The minimum atomic E-state index is -0.00521. The molecule has 2 fully saturated rings. The highest BCUT2D eigenvalue weighted by Crippen LogP contribution is 2.17. The van der Waals surface area contributed by atoms with Crippen LogP contribution in [0.2, 0.25) is 0 Å². The minimum Gasteiger partial charge on any atom is -0.381 e. The fraction of sp³-hybridized carbons (Fsp3) is 0.500. The van der Waals surface area contributed by atoms with Crippen molar-refractivity contribution in [2.75, 3.05) is 39.4 Å². The van der Waals surface area contributed by atoms with Crippen molar-refractivity contribution < 1.29 is 9.53 Å². The molecule has 0 radical (unpaired) electrons. The van der Waals surface area contributed by atoms with E-state index in [0.29, 0.717) is 11.4 Å². The van der Waals surface area contributed by atoms with Crippen molar-refractivity contribution in [3.05, 3.63) is 46.8 Å². The lowest BCUT2D eigenvalue weighted by atomic mass is 10.1. The molecular weight excluding hydrogens is 330 g/mol. The second kappa shape index (κ2) is 7.60. The number of para-hydroxylation sites is 1. The average Bonchev–Trinajstić information content (AvgIpc) is 2.71. The van der Waals surface area contributed by atoms with Crippen molar-refractivity contribution in [3.63, 3.8) is 0 Å². The molecule has 2 aromatic rings. The van der Waals surface area contributed by atoms with Gasteiger partial charge in [-0.1, -0.05) is 12.1 Å². The molecule has 4 rings (SSSR count). The predicted molar refractivity (Wildman–Crippen MR) is 100 cm³/mol. The van der Waals surface area contributed by atoms with Crippen LogP contribution in [-0.2, 0) is 16.1 Å². The van der Waals surface area contributed by atoms with Gasteiger partial charge in [0.1, 0.15) is 6.54 Å². The van der Waals surface area contributed by atoms with E-state index in [9.17, 15) is 9.59 Å². The van der Waals surface area contributed by atoms with Crippen molar-refractivity contribution in [1.82, 2.24) is 14.4 Å². The summed E-state index contributed by atoms with van der Waals surface area (Å²) in [6.07, 6.45) is 3.91. The van der Waals surface area contributed by atoms with E-state index in [4.69, 9.17) is 4.74 Å². The monoisotopic (exact) mass is 355 g/mol. The molecule has 26 heavy (non-hydrogen) atoms. The molecule has 0 atom stereocenters. The molecule has 0 unspecified atom stereocenters. The van der Waals surface area contributed by atoms with E-state index in [1.807, 2.05) is 33.7 Å². The van der Waals surface area contributed by atoms with Gasteiger partial charge >= 0.3 is 0 Å². The van der Waals surface area contributed by atoms with Gasteiger partial charge in [0, 0.05) is 63.1 Å². The molecule has 1 aromatic heterocycles. The van der Waals surface area contributed by atoms with Gasteiger partial charge < -0.3 is 14.2 Å². The Morgan fingerprint density at radius 1 is 1.04 bits per heavy atom. The molecule has 6 nitrogen and oxygen atoms in total. The van der Waals surface area contributed by atoms with Gasteiger partial charge in [0.2, 0.25) is 5.91 Å². The normalized spacial score (nSPS) is 19.8. The maximum Gasteiger partial charge on any atom is 0.242 e. The van der Waals surface area contributed by atoms with Crippen LogP contribution in [0.15, 0.2) is 41.3 Å². The zero-order valence-electron chi connectivity index (χ0n) is 15.0. The molecular formula is C20H25N3O3. The van der Waals surface area contributed by atoms with Crippen molar-refractivity contribution in [1.29, 1.82) is 0 Å². The molecule has 2 aliphatic rings. The Bertz CT molecular complexity index is 834. The lowest BCUT2D eigenvalue weighted by Gasteiger charge is -2.40. The Morgan fingerprint density at radius 2 is 1.77 bits per heavy atom. The summed E-state index contributed by atoms with van der Waals surface area (Å²) in [5, 5.41) is 0.659. The maximum atomic E-state index is 12.8. The second-order valence-electron chi connectivity index (χ2n) is 7.09. The quantitative estimate of drug-likeness (QED) is 0.833. The standard InChI is InChI=1S/C20H25N3O3/c24-19-5-8-23(18-4-2-1-3-17(18)19)15-20(25)22-11-9-21(10-12-22)16-6-13-26-14-7-16/h1-5,8,16H,6-7,9-15H2. The lowest BCUT2D eigenvalue weighted by Crippen LogP contribution is -2.53. The van der Waals surface area contributed by atoms with E-state index < -0.39 is 0 Å². The van der Waals surface area contributed by atoms with Crippen LogP contribution in [0.25, 0.3) is 10.9 Å². The molecule has 3 heterocycles. The van der Waals surface area contributed by atoms with Gasteiger partial charge in [0.15, 0.2) is 5.43 Å². The third-order valence-electron chi connectivity index (χ3n) is 5.56. The smallest absolute Gasteiger partial charge is 0.242 e. The van der Waals surface area contributed by atoms with Crippen LogP contribution in [0.3, 0.4) is 0 Å². The van der Waals surface area contributed by atoms with Crippen molar-refractivity contribution >= 4 is 16.8 Å². The minimum absolute atomic E-state index is 0.00521. The average molecular weight is 355 g/mol. The number of aromatic nitrogens is 1. The van der Waals surface area contributed by atoms with E-state index in [1.165, 1.54) is 0 Å². The fourth-order valence-electron chi connectivity index (χ4n) is 4.03. The highest BCUT2D eigenvalue weighted by Gasteiger charge is 2.27. The van der Waals surface area contributed by atoms with Crippen LogP contribution in [-0.4, -0.2) is 65.7 Å². The number of hydrogen-bond acceptors (Lipinski definition) is 4. The van der Waals surface area contributed by atoms with E-state index in [0.717, 1.165) is 57.8 Å². The first-order chi connectivity index (χ1) is 12.7. The number of ether oxygens (including phenoxy) is 1. The van der Waals surface area contributed by atoms with Gasteiger partial charge in [0.25, 0.3) is 0 Å². The third-order valence-corrected chi connectivity index (χ3v) is 5.56. The molecule has 0 spiro atoms. The van der Waals surface area contributed by atoms with Gasteiger partial charge in [0.05, 0.1) is 5.52 Å². The number of hydrogen-bond donors (Lipinski definition) is 0. The number of piperazine rings is 1. The maximum absolute atomic E-state index is 12.8. The topological polar surface area (TPSA) is 54.8 Å². The van der Waals surface area contributed by atoms with Crippen LogP contribution in [0.5, 0.6) is 0 Å². The molecule has 2 saturated heterocycles. The van der Waals surface area contributed by atoms with Crippen molar-refractivity contribution in [2.24, 2.45) is 0 Å². The number of carbonyl (C=O) groups excluding carboxylic acids is 1. The summed E-state index contributed by atoms with van der Waals surface area (Å²) in [4.78, 5) is 29.2. The molecule has 6 heteroatoms. The zero-order valence-corrected chi connectivity index (χ0v) is 15.0. The first-order valence-corrected chi connectivity index (χ1v) is 9.40. The van der Waals surface area contributed by atoms with E-state index in [2.05, 4.69) is 4.90 Å². The number of pyridine rings is 1. The molecule has 0 aliphatic carbocycles. The third kappa shape index (κ3) is 3.52. The first-order valence-electron chi connectivity index (χ1n) is 9.40. The summed E-state index contributed by atoms with van der Waals surface area (Å²) < 4.78 is 7.32. The summed E-state index contributed by atoms with van der Waals surface area (Å²) in [5.74, 6) is 0.116. The number of benzene rings is 1. The SMILES string of the molecule is O=C(Cn1ccc(=O)c2ccccc21)N1CCN(C2CCOCC2)CC1. The Kier molecular flexibility index (Phi) is 5.04. The van der Waals surface area contributed by atoms with Crippen molar-refractivity contribution in [3.8, 4) is 0 Å². The largest absolute Gasteiger partial charge is 0.381 e. The Balaban J connectivity index is 1.40. The fourth-order valence-corrected chi connectivity index (χ4v) is 4.03. The van der Waals surface area contributed by atoms with Gasteiger partial charge in [-0.2, -0.15) is 0 Å². The highest BCUT2D eigenvalue weighted by molar-refractivity contribution is 5.82. The molecule has 138 valence electrons. The van der Waals surface area contributed by atoms with Gasteiger partial charge in [-0.15, -0.1) is 0 Å². The van der Waals surface area contributed by atoms with Crippen LogP contribution >= 0.6 is 0 Å². The summed E-state index contributed by atoms with van der Waals surface area (Å²) in [7, 11) is 0. The Morgan fingerprint density at radius 3 is 2.54 bits per heavy atom. The first kappa shape index (κ1) is 17.2. The number of rotatable bonds is 3.